The third kappa shape index (κ3) is 3.36. The lowest BCUT2D eigenvalue weighted by molar-refractivity contribution is -0.119. The van der Waals surface area contributed by atoms with Crippen LogP contribution in [0.5, 0.6) is 11.5 Å². The van der Waals surface area contributed by atoms with Crippen molar-refractivity contribution in [2.45, 2.75) is 20.3 Å². The first-order valence-electron chi connectivity index (χ1n) is 7.04. The quantitative estimate of drug-likeness (QED) is 0.855. The van der Waals surface area contributed by atoms with Crippen LogP contribution in [-0.2, 0) is 4.79 Å². The summed E-state index contributed by atoms with van der Waals surface area (Å²) in [5.41, 5.74) is 0.736. The van der Waals surface area contributed by atoms with Gasteiger partial charge in [-0.25, -0.2) is 0 Å². The number of aromatic amines is 1. The molecule has 1 aromatic carbocycles. The molecule has 7 heteroatoms. The molecule has 1 heterocycles. The van der Waals surface area contributed by atoms with Gasteiger partial charge >= 0.3 is 0 Å². The summed E-state index contributed by atoms with van der Waals surface area (Å²) in [6.45, 7) is 3.81. The zero-order valence-corrected chi connectivity index (χ0v) is 13.1. The topological polar surface area (TPSA) is 89.1 Å². The number of amides is 1. The molecule has 0 saturated heterocycles. The van der Waals surface area contributed by atoms with Gasteiger partial charge in [0.15, 0.2) is 5.82 Å². The van der Waals surface area contributed by atoms with Gasteiger partial charge in [-0.05, 0) is 18.6 Å². The molecule has 2 aromatic rings. The van der Waals surface area contributed by atoms with Crippen molar-refractivity contribution in [2.75, 3.05) is 19.5 Å². The summed E-state index contributed by atoms with van der Waals surface area (Å²) < 4.78 is 10.5. The van der Waals surface area contributed by atoms with Gasteiger partial charge in [0.05, 0.1) is 19.8 Å². The summed E-state index contributed by atoms with van der Waals surface area (Å²) in [4.78, 5) is 16.1. The first kappa shape index (κ1) is 15.8. The third-order valence-corrected chi connectivity index (χ3v) is 3.44. The molecule has 118 valence electrons. The van der Waals surface area contributed by atoms with Crippen molar-refractivity contribution in [1.29, 1.82) is 0 Å². The second kappa shape index (κ2) is 6.93. The number of hydrogen-bond acceptors (Lipinski definition) is 5. The lowest BCUT2D eigenvalue weighted by Crippen LogP contribution is -2.20. The van der Waals surface area contributed by atoms with Gasteiger partial charge < -0.3 is 9.47 Å². The van der Waals surface area contributed by atoms with Crippen LogP contribution in [0.2, 0.25) is 0 Å². The molecule has 0 fully saturated rings. The first-order chi connectivity index (χ1) is 10.6. The second-order valence-electron chi connectivity index (χ2n) is 4.87. The van der Waals surface area contributed by atoms with E-state index in [1.165, 1.54) is 0 Å². The fourth-order valence-corrected chi connectivity index (χ4v) is 1.85. The summed E-state index contributed by atoms with van der Waals surface area (Å²) in [6.07, 6.45) is 0.759. The highest BCUT2D eigenvalue weighted by Crippen LogP contribution is 2.31. The number of H-pyrrole nitrogens is 1. The Morgan fingerprint density at radius 2 is 2.14 bits per heavy atom. The number of carbonyl (C=O) groups is 1. The highest BCUT2D eigenvalue weighted by atomic mass is 16.5. The number of nitrogens with one attached hydrogen (secondary N) is 2. The molecule has 0 bridgehead atoms. The van der Waals surface area contributed by atoms with Gasteiger partial charge in [-0.15, -0.1) is 5.10 Å². The Hall–Kier alpha value is -2.57. The number of aromatic nitrogens is 3. The highest BCUT2D eigenvalue weighted by molar-refractivity contribution is 5.90. The lowest BCUT2D eigenvalue weighted by Gasteiger charge is -2.08. The Balaban J connectivity index is 2.23. The smallest absolute Gasteiger partial charge is 0.249 e. The van der Waals surface area contributed by atoms with Crippen LogP contribution in [0.3, 0.4) is 0 Å². The van der Waals surface area contributed by atoms with E-state index in [0.717, 1.165) is 12.0 Å². The van der Waals surface area contributed by atoms with E-state index >= 15 is 0 Å². The molecule has 2 N–H and O–H groups in total. The van der Waals surface area contributed by atoms with Crippen molar-refractivity contribution in [3.8, 4) is 22.9 Å². The number of methoxy groups -OCH3 is 2. The number of ether oxygens (including phenoxy) is 2. The van der Waals surface area contributed by atoms with Crippen LogP contribution in [-0.4, -0.2) is 35.3 Å². The minimum absolute atomic E-state index is 0.0857. The Morgan fingerprint density at radius 3 is 2.77 bits per heavy atom. The van der Waals surface area contributed by atoms with Gasteiger partial charge in [-0.1, -0.05) is 13.8 Å². The molecule has 0 aliphatic carbocycles. The summed E-state index contributed by atoms with van der Waals surface area (Å²) >= 11 is 0. The molecule has 0 radical (unpaired) electrons. The Kier molecular flexibility index (Phi) is 4.98. The van der Waals surface area contributed by atoms with E-state index in [0.29, 0.717) is 17.3 Å². The number of rotatable bonds is 6. The number of anilines is 1. The second-order valence-corrected chi connectivity index (χ2v) is 4.87. The van der Waals surface area contributed by atoms with Crippen molar-refractivity contribution < 1.29 is 14.3 Å². The van der Waals surface area contributed by atoms with E-state index in [-0.39, 0.29) is 17.8 Å². The monoisotopic (exact) mass is 304 g/mol. The summed E-state index contributed by atoms with van der Waals surface area (Å²) in [5, 5.41) is 9.50. The molecular formula is C15H20N4O3. The predicted octanol–water partition coefficient (Wildman–Crippen LogP) is 2.47. The molecular weight excluding hydrogens is 284 g/mol. The first-order valence-corrected chi connectivity index (χ1v) is 7.04. The zero-order valence-electron chi connectivity index (χ0n) is 13.1. The van der Waals surface area contributed by atoms with Gasteiger partial charge in [-0.3, -0.25) is 15.2 Å². The van der Waals surface area contributed by atoms with Crippen LogP contribution in [0.25, 0.3) is 11.4 Å². The number of carbonyl (C=O) groups excluding carboxylic acids is 1. The zero-order chi connectivity index (χ0) is 16.1. The minimum atomic E-state index is -0.102. The van der Waals surface area contributed by atoms with E-state index in [1.54, 1.807) is 26.4 Å². The van der Waals surface area contributed by atoms with E-state index in [4.69, 9.17) is 9.47 Å². The molecule has 1 unspecified atom stereocenters. The third-order valence-electron chi connectivity index (χ3n) is 3.44. The summed E-state index contributed by atoms with van der Waals surface area (Å²) in [5.74, 6) is 1.87. The largest absolute Gasteiger partial charge is 0.497 e. The van der Waals surface area contributed by atoms with Gasteiger partial charge in [-0.2, -0.15) is 4.98 Å². The molecule has 0 spiro atoms. The summed E-state index contributed by atoms with van der Waals surface area (Å²) in [6, 6.07) is 5.38. The van der Waals surface area contributed by atoms with Crippen LogP contribution in [0.15, 0.2) is 18.2 Å². The predicted molar refractivity (Wildman–Crippen MR) is 83.0 cm³/mol. The average molecular weight is 304 g/mol. The SMILES string of the molecule is CCC(C)C(=O)Nc1n[nH]c(-c2ccc(OC)cc2OC)n1. The number of benzene rings is 1. The van der Waals surface area contributed by atoms with Crippen LogP contribution >= 0.6 is 0 Å². The maximum absolute atomic E-state index is 11.8. The van der Waals surface area contributed by atoms with E-state index < -0.39 is 0 Å². The number of nitrogens with zero attached hydrogens (tertiary/aromatic N) is 2. The van der Waals surface area contributed by atoms with Crippen LogP contribution in [0, 0.1) is 5.92 Å². The molecule has 1 amide bonds. The molecule has 1 atom stereocenters. The van der Waals surface area contributed by atoms with E-state index in [1.807, 2.05) is 19.9 Å². The van der Waals surface area contributed by atoms with Crippen molar-refractivity contribution in [1.82, 2.24) is 15.2 Å². The van der Waals surface area contributed by atoms with Crippen molar-refractivity contribution in [3.63, 3.8) is 0 Å². The minimum Gasteiger partial charge on any atom is -0.497 e. The molecule has 1 aromatic heterocycles. The fourth-order valence-electron chi connectivity index (χ4n) is 1.85. The van der Waals surface area contributed by atoms with Gasteiger partial charge in [0, 0.05) is 12.0 Å². The van der Waals surface area contributed by atoms with Gasteiger partial charge in [0.2, 0.25) is 11.9 Å². The molecule has 0 aliphatic heterocycles. The van der Waals surface area contributed by atoms with Crippen LogP contribution in [0.4, 0.5) is 5.95 Å². The van der Waals surface area contributed by atoms with Crippen LogP contribution in [0.1, 0.15) is 20.3 Å². The van der Waals surface area contributed by atoms with Crippen molar-refractivity contribution >= 4 is 11.9 Å². The van der Waals surface area contributed by atoms with Crippen molar-refractivity contribution in [3.05, 3.63) is 18.2 Å². The molecule has 7 nitrogen and oxygen atoms in total. The van der Waals surface area contributed by atoms with Crippen LogP contribution < -0.4 is 14.8 Å². The molecule has 0 saturated carbocycles. The lowest BCUT2D eigenvalue weighted by atomic mass is 10.1. The fraction of sp³-hybridized carbons (Fsp3) is 0.400. The maximum atomic E-state index is 11.8. The maximum Gasteiger partial charge on any atom is 0.249 e. The van der Waals surface area contributed by atoms with Gasteiger partial charge in [0.1, 0.15) is 11.5 Å². The van der Waals surface area contributed by atoms with Gasteiger partial charge in [0.25, 0.3) is 0 Å². The Bertz CT molecular complexity index is 654. The summed E-state index contributed by atoms with van der Waals surface area (Å²) in [7, 11) is 3.16. The van der Waals surface area contributed by atoms with E-state index in [2.05, 4.69) is 20.5 Å². The molecule has 0 aliphatic rings. The number of hydrogen-bond donors (Lipinski definition) is 2. The Labute approximate surface area is 129 Å². The van der Waals surface area contributed by atoms with Crippen molar-refractivity contribution in [2.24, 2.45) is 5.92 Å². The van der Waals surface area contributed by atoms with E-state index in [9.17, 15) is 4.79 Å². The highest BCUT2D eigenvalue weighted by Gasteiger charge is 2.15. The average Bonchev–Trinajstić information content (AvgIpc) is 3.01. The normalized spacial score (nSPS) is 11.8. The molecule has 22 heavy (non-hydrogen) atoms. The standard InChI is InChI=1S/C15H20N4O3/c1-5-9(2)14(20)17-15-16-13(18-19-15)11-7-6-10(21-3)8-12(11)22-4/h6-9H,5H2,1-4H3,(H2,16,17,18,19,20). The Morgan fingerprint density at radius 1 is 1.36 bits per heavy atom. The molecule has 2 rings (SSSR count).